The number of aliphatic hydroxyl groups excluding tert-OH is 3. The van der Waals surface area contributed by atoms with Crippen molar-refractivity contribution in [1.82, 2.24) is 19.5 Å². The molecule has 3 aromatic rings. The van der Waals surface area contributed by atoms with E-state index in [1.807, 2.05) is 6.07 Å². The molecule has 5 N–H and O–H groups in total. The largest absolute Gasteiger partial charge is 0.504 e. The summed E-state index contributed by atoms with van der Waals surface area (Å²) in [6.07, 6.45) is -1.51. The predicted octanol–water partition coefficient (Wildman–Crippen LogP) is -0.236. The summed E-state index contributed by atoms with van der Waals surface area (Å²) in [6.45, 7) is -0.0533. The average Bonchev–Trinajstić information content (AvgIpc) is 3.28. The summed E-state index contributed by atoms with van der Waals surface area (Å²) >= 11 is 0. The average molecular weight is 403 g/mol. The number of phenolic OH excluding ortho intramolecular Hbond substituents is 1. The summed E-state index contributed by atoms with van der Waals surface area (Å²) < 4.78 is 12.1. The second kappa shape index (κ2) is 7.79. The molecule has 1 aliphatic heterocycles. The zero-order valence-corrected chi connectivity index (χ0v) is 15.5. The Morgan fingerprint density at radius 3 is 2.72 bits per heavy atom. The van der Waals surface area contributed by atoms with Gasteiger partial charge in [-0.1, -0.05) is 6.07 Å². The molecule has 1 aliphatic rings. The quantitative estimate of drug-likeness (QED) is 0.372. The fourth-order valence-electron chi connectivity index (χ4n) is 3.31. The molecule has 1 saturated heterocycles. The number of aromatic hydroxyl groups is 1. The summed E-state index contributed by atoms with van der Waals surface area (Å²) in [6, 6.07) is 5.06. The first-order valence-electron chi connectivity index (χ1n) is 8.93. The number of imidazole rings is 1. The minimum Gasteiger partial charge on any atom is -0.504 e. The molecule has 0 amide bonds. The van der Waals surface area contributed by atoms with Crippen molar-refractivity contribution >= 4 is 17.0 Å². The van der Waals surface area contributed by atoms with Crippen molar-refractivity contribution in [2.75, 3.05) is 19.0 Å². The van der Waals surface area contributed by atoms with E-state index in [-0.39, 0.29) is 5.75 Å². The van der Waals surface area contributed by atoms with Crippen LogP contribution in [0.5, 0.6) is 11.5 Å². The van der Waals surface area contributed by atoms with Crippen molar-refractivity contribution in [2.24, 2.45) is 0 Å². The van der Waals surface area contributed by atoms with E-state index < -0.39 is 31.1 Å². The third kappa shape index (κ3) is 3.44. The molecular weight excluding hydrogens is 382 g/mol. The van der Waals surface area contributed by atoms with Gasteiger partial charge in [0.25, 0.3) is 0 Å². The molecule has 0 radical (unpaired) electrons. The minimum absolute atomic E-state index is 0.0354. The van der Waals surface area contributed by atoms with Gasteiger partial charge in [-0.05, 0) is 17.7 Å². The maximum Gasteiger partial charge on any atom is 0.167 e. The van der Waals surface area contributed by atoms with Gasteiger partial charge in [0.05, 0.1) is 20.0 Å². The van der Waals surface area contributed by atoms with Crippen LogP contribution in [-0.4, -0.2) is 72.0 Å². The number of hydrogen-bond acceptors (Lipinski definition) is 10. The van der Waals surface area contributed by atoms with E-state index >= 15 is 0 Å². The Labute approximate surface area is 165 Å². The number of nitrogens with one attached hydrogen (secondary N) is 1. The van der Waals surface area contributed by atoms with E-state index in [1.54, 1.807) is 12.1 Å². The number of nitrogens with zero attached hydrogens (tertiary/aromatic N) is 4. The standard InChI is InChI=1S/C18H21N5O6/c1-28-11-3-2-9(4-10(11)25)5-19-16-13-17(21-7-20-16)23(8-22-13)18-15(27)14(26)12(6-24)29-18/h2-4,7-8,12,14-15,18,24-27H,5-6H2,1H3,(H,19,20,21)/t12-,14-,15-,18?/m1/s1. The van der Waals surface area contributed by atoms with Crippen LogP contribution in [-0.2, 0) is 11.3 Å². The lowest BCUT2D eigenvalue weighted by Crippen LogP contribution is -2.33. The van der Waals surface area contributed by atoms with Crippen LogP contribution >= 0.6 is 0 Å². The second-order valence-electron chi connectivity index (χ2n) is 6.63. The lowest BCUT2D eigenvalue weighted by Gasteiger charge is -2.16. The molecule has 0 saturated carbocycles. The third-order valence-electron chi connectivity index (χ3n) is 4.85. The number of aromatic nitrogens is 4. The highest BCUT2D eigenvalue weighted by Crippen LogP contribution is 2.32. The van der Waals surface area contributed by atoms with E-state index in [0.717, 1.165) is 5.56 Å². The number of fused-ring (bicyclic) bond motifs is 1. The van der Waals surface area contributed by atoms with Crippen molar-refractivity contribution in [3.05, 3.63) is 36.4 Å². The molecule has 3 heterocycles. The third-order valence-corrected chi connectivity index (χ3v) is 4.85. The SMILES string of the molecule is COc1ccc(CNc2ncnc3c2ncn3C2O[C@H](CO)[C@@H](O)[C@H]2O)cc1O. The zero-order valence-electron chi connectivity index (χ0n) is 15.5. The Hall–Kier alpha value is -2.99. The first kappa shape index (κ1) is 19.3. The number of rotatable bonds is 6. The van der Waals surface area contributed by atoms with Crippen LogP contribution in [0.1, 0.15) is 11.8 Å². The van der Waals surface area contributed by atoms with Gasteiger partial charge in [0.2, 0.25) is 0 Å². The Balaban J connectivity index is 1.57. The molecule has 0 aliphatic carbocycles. The lowest BCUT2D eigenvalue weighted by molar-refractivity contribution is -0.0511. The number of ether oxygens (including phenoxy) is 2. The van der Waals surface area contributed by atoms with Gasteiger partial charge in [-0.2, -0.15) is 0 Å². The zero-order chi connectivity index (χ0) is 20.5. The van der Waals surface area contributed by atoms with E-state index in [9.17, 15) is 20.4 Å². The summed E-state index contributed by atoms with van der Waals surface area (Å²) in [4.78, 5) is 12.7. The summed E-state index contributed by atoms with van der Waals surface area (Å²) in [5, 5.41) is 42.6. The van der Waals surface area contributed by atoms with Crippen LogP contribution < -0.4 is 10.1 Å². The van der Waals surface area contributed by atoms with Crippen LogP contribution in [0, 0.1) is 0 Å². The molecule has 11 heteroatoms. The molecule has 4 rings (SSSR count). The highest BCUT2D eigenvalue weighted by atomic mass is 16.6. The maximum absolute atomic E-state index is 10.3. The minimum atomic E-state index is -1.24. The second-order valence-corrected chi connectivity index (χ2v) is 6.63. The van der Waals surface area contributed by atoms with Crippen molar-refractivity contribution in [1.29, 1.82) is 0 Å². The monoisotopic (exact) mass is 403 g/mol. The molecule has 1 aromatic carbocycles. The van der Waals surface area contributed by atoms with Gasteiger partial charge in [-0.25, -0.2) is 15.0 Å². The highest BCUT2D eigenvalue weighted by Gasteiger charge is 2.44. The van der Waals surface area contributed by atoms with Gasteiger partial charge in [0.15, 0.2) is 34.7 Å². The Morgan fingerprint density at radius 2 is 2.03 bits per heavy atom. The summed E-state index contributed by atoms with van der Waals surface area (Å²) in [5.41, 5.74) is 1.65. The number of aliphatic hydroxyl groups is 3. The van der Waals surface area contributed by atoms with Crippen LogP contribution in [0.4, 0.5) is 5.82 Å². The van der Waals surface area contributed by atoms with E-state index in [4.69, 9.17) is 9.47 Å². The molecule has 1 unspecified atom stereocenters. The normalized spacial score (nSPS) is 24.1. The molecular formula is C18H21N5O6. The number of methoxy groups -OCH3 is 1. The van der Waals surface area contributed by atoms with Gasteiger partial charge in [-0.15, -0.1) is 0 Å². The predicted molar refractivity (Wildman–Crippen MR) is 100 cm³/mol. The Morgan fingerprint density at radius 1 is 1.21 bits per heavy atom. The van der Waals surface area contributed by atoms with Gasteiger partial charge < -0.3 is 35.2 Å². The summed E-state index contributed by atoms with van der Waals surface area (Å²) in [7, 11) is 1.48. The van der Waals surface area contributed by atoms with E-state index in [0.29, 0.717) is 29.3 Å². The molecule has 154 valence electrons. The van der Waals surface area contributed by atoms with E-state index in [1.165, 1.54) is 24.3 Å². The van der Waals surface area contributed by atoms with Crippen LogP contribution in [0.2, 0.25) is 0 Å². The number of phenols is 1. The van der Waals surface area contributed by atoms with E-state index in [2.05, 4.69) is 20.3 Å². The molecule has 11 nitrogen and oxygen atoms in total. The van der Waals surface area contributed by atoms with Gasteiger partial charge in [-0.3, -0.25) is 4.57 Å². The lowest BCUT2D eigenvalue weighted by atomic mass is 10.1. The number of hydrogen-bond donors (Lipinski definition) is 5. The van der Waals surface area contributed by atoms with Crippen molar-refractivity contribution in [3.63, 3.8) is 0 Å². The number of anilines is 1. The summed E-state index contributed by atoms with van der Waals surface area (Å²) in [5.74, 6) is 0.875. The van der Waals surface area contributed by atoms with Gasteiger partial charge >= 0.3 is 0 Å². The molecule has 0 spiro atoms. The highest BCUT2D eigenvalue weighted by molar-refractivity contribution is 5.82. The maximum atomic E-state index is 10.3. The fraction of sp³-hybridized carbons (Fsp3) is 0.389. The first-order valence-corrected chi connectivity index (χ1v) is 8.93. The van der Waals surface area contributed by atoms with Crippen LogP contribution in [0.3, 0.4) is 0 Å². The van der Waals surface area contributed by atoms with Crippen molar-refractivity contribution < 1.29 is 29.9 Å². The topological polar surface area (TPSA) is 155 Å². The molecule has 1 fully saturated rings. The van der Waals surface area contributed by atoms with Gasteiger partial charge in [0.1, 0.15) is 24.6 Å². The fourth-order valence-corrected chi connectivity index (χ4v) is 3.31. The van der Waals surface area contributed by atoms with Gasteiger partial charge in [0, 0.05) is 6.54 Å². The van der Waals surface area contributed by atoms with Crippen LogP contribution in [0.15, 0.2) is 30.9 Å². The van der Waals surface area contributed by atoms with Crippen molar-refractivity contribution in [3.8, 4) is 11.5 Å². The molecule has 2 aromatic heterocycles. The smallest absolute Gasteiger partial charge is 0.167 e. The van der Waals surface area contributed by atoms with Crippen LogP contribution in [0.25, 0.3) is 11.2 Å². The first-order chi connectivity index (χ1) is 14.0. The molecule has 4 atom stereocenters. The Kier molecular flexibility index (Phi) is 5.20. The van der Waals surface area contributed by atoms with Crippen molar-refractivity contribution in [2.45, 2.75) is 31.1 Å². The molecule has 0 bridgehead atoms. The Bertz CT molecular complexity index is 1010. The number of benzene rings is 1. The molecule has 29 heavy (non-hydrogen) atoms.